The van der Waals surface area contributed by atoms with Gasteiger partial charge in [0.2, 0.25) is 0 Å². The van der Waals surface area contributed by atoms with Gasteiger partial charge in [0.1, 0.15) is 6.10 Å². The lowest BCUT2D eigenvalue weighted by atomic mass is 10.1. The van der Waals surface area contributed by atoms with E-state index in [4.69, 9.17) is 4.74 Å². The molecule has 2 fully saturated rings. The first kappa shape index (κ1) is 10.1. The van der Waals surface area contributed by atoms with E-state index >= 15 is 0 Å². The molecule has 0 aromatic rings. The molecule has 4 heteroatoms. The number of fused-ring (bicyclic) bond motifs is 1. The average Bonchev–Trinajstić information content (AvgIpc) is 2.66. The Labute approximate surface area is 89.0 Å². The summed E-state index contributed by atoms with van der Waals surface area (Å²) in [4.78, 5) is 11.0. The van der Waals surface area contributed by atoms with Crippen LogP contribution >= 0.6 is 11.8 Å². The molecule has 2 aliphatic rings. The highest BCUT2D eigenvalue weighted by Gasteiger charge is 2.44. The van der Waals surface area contributed by atoms with Gasteiger partial charge >= 0.3 is 6.09 Å². The molecule has 3 nitrogen and oxygen atoms in total. The standard InChI is InChI=1S/C10H17NO2S/c1-2-3-4-5-8-9-7(6-14-8)11-10(12)13-9/h7-9H,2-6H2,1H3,(H,11,12). The summed E-state index contributed by atoms with van der Waals surface area (Å²) < 4.78 is 5.26. The van der Waals surface area contributed by atoms with Gasteiger partial charge in [-0.2, -0.15) is 11.8 Å². The number of nitrogens with one attached hydrogen (secondary N) is 1. The summed E-state index contributed by atoms with van der Waals surface area (Å²) in [7, 11) is 0. The van der Waals surface area contributed by atoms with Gasteiger partial charge in [0.25, 0.3) is 0 Å². The van der Waals surface area contributed by atoms with Gasteiger partial charge < -0.3 is 10.1 Å². The van der Waals surface area contributed by atoms with Crippen molar-refractivity contribution in [1.29, 1.82) is 0 Å². The second-order valence-corrected chi connectivity index (χ2v) is 5.26. The molecule has 0 aromatic heterocycles. The lowest BCUT2D eigenvalue weighted by Crippen LogP contribution is -2.32. The van der Waals surface area contributed by atoms with Crippen molar-refractivity contribution in [2.75, 3.05) is 5.75 Å². The van der Waals surface area contributed by atoms with Gasteiger partial charge in [-0.3, -0.25) is 0 Å². The topological polar surface area (TPSA) is 38.3 Å². The van der Waals surface area contributed by atoms with E-state index in [0.29, 0.717) is 5.25 Å². The molecular weight excluding hydrogens is 198 g/mol. The Morgan fingerprint density at radius 1 is 1.57 bits per heavy atom. The van der Waals surface area contributed by atoms with Crippen molar-refractivity contribution >= 4 is 17.9 Å². The highest BCUT2D eigenvalue weighted by atomic mass is 32.2. The molecule has 80 valence electrons. The number of amides is 1. The van der Waals surface area contributed by atoms with Gasteiger partial charge in [0, 0.05) is 11.0 Å². The van der Waals surface area contributed by atoms with Crippen molar-refractivity contribution in [2.45, 2.75) is 50.0 Å². The molecule has 3 unspecified atom stereocenters. The van der Waals surface area contributed by atoms with Crippen LogP contribution in [0.1, 0.15) is 32.6 Å². The third-order valence-electron chi connectivity index (χ3n) is 2.89. The molecule has 0 bridgehead atoms. The second kappa shape index (κ2) is 4.43. The van der Waals surface area contributed by atoms with Gasteiger partial charge in [-0.05, 0) is 6.42 Å². The predicted octanol–water partition coefficient (Wildman–Crippen LogP) is 2.16. The lowest BCUT2D eigenvalue weighted by molar-refractivity contribution is 0.133. The van der Waals surface area contributed by atoms with Crippen LogP contribution in [-0.2, 0) is 4.74 Å². The first-order valence-electron chi connectivity index (χ1n) is 5.40. The molecule has 1 amide bonds. The van der Waals surface area contributed by atoms with Crippen molar-refractivity contribution in [2.24, 2.45) is 0 Å². The molecular formula is C10H17NO2S. The molecule has 0 radical (unpaired) electrons. The normalized spacial score (nSPS) is 35.2. The largest absolute Gasteiger partial charge is 0.443 e. The maximum Gasteiger partial charge on any atom is 0.407 e. The van der Waals surface area contributed by atoms with E-state index in [2.05, 4.69) is 12.2 Å². The van der Waals surface area contributed by atoms with Crippen molar-refractivity contribution in [3.8, 4) is 0 Å². The highest BCUT2D eigenvalue weighted by Crippen LogP contribution is 2.35. The summed E-state index contributed by atoms with van der Waals surface area (Å²) in [5.74, 6) is 1.02. The summed E-state index contributed by atoms with van der Waals surface area (Å²) >= 11 is 1.95. The molecule has 2 aliphatic heterocycles. The Morgan fingerprint density at radius 3 is 3.21 bits per heavy atom. The summed E-state index contributed by atoms with van der Waals surface area (Å²) in [5.41, 5.74) is 0. The minimum atomic E-state index is -0.221. The Kier molecular flexibility index (Phi) is 3.21. The highest BCUT2D eigenvalue weighted by molar-refractivity contribution is 8.00. The molecule has 0 aliphatic carbocycles. The zero-order valence-electron chi connectivity index (χ0n) is 8.49. The molecule has 2 saturated heterocycles. The van der Waals surface area contributed by atoms with Crippen molar-refractivity contribution in [3.63, 3.8) is 0 Å². The lowest BCUT2D eigenvalue weighted by Gasteiger charge is -2.14. The van der Waals surface area contributed by atoms with Gasteiger partial charge in [0.05, 0.1) is 6.04 Å². The van der Waals surface area contributed by atoms with Crippen LogP contribution in [0.4, 0.5) is 4.79 Å². The quantitative estimate of drug-likeness (QED) is 0.730. The molecule has 14 heavy (non-hydrogen) atoms. The SMILES string of the molecule is CCCCCC1SCC2NC(=O)OC21. The van der Waals surface area contributed by atoms with Gasteiger partial charge in [-0.1, -0.05) is 26.2 Å². The Bertz CT molecular complexity index is 222. The molecule has 0 aromatic carbocycles. The van der Waals surface area contributed by atoms with Crippen molar-refractivity contribution in [1.82, 2.24) is 5.32 Å². The monoisotopic (exact) mass is 215 g/mol. The molecule has 1 N–H and O–H groups in total. The Morgan fingerprint density at radius 2 is 2.43 bits per heavy atom. The van der Waals surface area contributed by atoms with Crippen LogP contribution in [-0.4, -0.2) is 29.2 Å². The van der Waals surface area contributed by atoms with Crippen LogP contribution in [0.2, 0.25) is 0 Å². The number of rotatable bonds is 4. The Balaban J connectivity index is 1.80. The van der Waals surface area contributed by atoms with Crippen LogP contribution in [0.25, 0.3) is 0 Å². The Hall–Kier alpha value is -0.380. The third kappa shape index (κ3) is 2.00. The zero-order valence-corrected chi connectivity index (χ0v) is 9.31. The molecule has 0 spiro atoms. The van der Waals surface area contributed by atoms with E-state index in [0.717, 1.165) is 5.75 Å². The van der Waals surface area contributed by atoms with Crippen LogP contribution < -0.4 is 5.32 Å². The van der Waals surface area contributed by atoms with Crippen LogP contribution in [0.15, 0.2) is 0 Å². The number of hydrogen-bond donors (Lipinski definition) is 1. The van der Waals surface area contributed by atoms with E-state index in [9.17, 15) is 4.79 Å². The number of carbonyl (C=O) groups excluding carboxylic acids is 1. The smallest absolute Gasteiger partial charge is 0.407 e. The van der Waals surface area contributed by atoms with Crippen LogP contribution in [0, 0.1) is 0 Å². The summed E-state index contributed by atoms with van der Waals surface area (Å²) in [6.45, 7) is 2.21. The fourth-order valence-electron chi connectivity index (χ4n) is 2.11. The number of carbonyl (C=O) groups is 1. The third-order valence-corrected chi connectivity index (χ3v) is 4.38. The predicted molar refractivity (Wildman–Crippen MR) is 57.6 cm³/mol. The van der Waals surface area contributed by atoms with Gasteiger partial charge in [-0.15, -0.1) is 0 Å². The molecule has 3 atom stereocenters. The van der Waals surface area contributed by atoms with Gasteiger partial charge in [-0.25, -0.2) is 4.79 Å². The summed E-state index contributed by atoms with van der Waals surface area (Å²) in [6.07, 6.45) is 4.91. The first-order valence-corrected chi connectivity index (χ1v) is 6.45. The molecule has 2 rings (SSSR count). The van der Waals surface area contributed by atoms with Gasteiger partial charge in [0.15, 0.2) is 0 Å². The van der Waals surface area contributed by atoms with E-state index in [-0.39, 0.29) is 18.2 Å². The second-order valence-electron chi connectivity index (χ2n) is 3.99. The first-order chi connectivity index (χ1) is 6.81. The van der Waals surface area contributed by atoms with Crippen molar-refractivity contribution in [3.05, 3.63) is 0 Å². The van der Waals surface area contributed by atoms with Crippen LogP contribution in [0.5, 0.6) is 0 Å². The number of unbranched alkanes of at least 4 members (excludes halogenated alkanes) is 2. The number of hydrogen-bond acceptors (Lipinski definition) is 3. The molecule has 2 heterocycles. The number of ether oxygens (including phenoxy) is 1. The fourth-order valence-corrected chi connectivity index (χ4v) is 3.61. The van der Waals surface area contributed by atoms with E-state index in [1.165, 1.54) is 25.7 Å². The minimum Gasteiger partial charge on any atom is -0.443 e. The zero-order chi connectivity index (χ0) is 9.97. The van der Waals surface area contributed by atoms with E-state index in [1.54, 1.807) is 0 Å². The van der Waals surface area contributed by atoms with Crippen molar-refractivity contribution < 1.29 is 9.53 Å². The number of thioether (sulfide) groups is 1. The maximum atomic E-state index is 11.0. The minimum absolute atomic E-state index is 0.143. The summed E-state index contributed by atoms with van der Waals surface area (Å²) in [5, 5.41) is 3.39. The summed E-state index contributed by atoms with van der Waals surface area (Å²) in [6, 6.07) is 0.277. The van der Waals surface area contributed by atoms with Crippen LogP contribution in [0.3, 0.4) is 0 Å². The van der Waals surface area contributed by atoms with E-state index in [1.807, 2.05) is 11.8 Å². The average molecular weight is 215 g/mol. The van der Waals surface area contributed by atoms with E-state index < -0.39 is 0 Å². The maximum absolute atomic E-state index is 11.0. The molecule has 0 saturated carbocycles. The number of alkyl carbamates (subject to hydrolysis) is 1. The fraction of sp³-hybridized carbons (Fsp3) is 0.900.